The second-order valence-corrected chi connectivity index (χ2v) is 4.37. The molecule has 5 heteroatoms. The fourth-order valence-electron chi connectivity index (χ4n) is 1.67. The van der Waals surface area contributed by atoms with Gasteiger partial charge in [0, 0.05) is 38.7 Å². The lowest BCUT2D eigenvalue weighted by Gasteiger charge is -2.28. The monoisotopic (exact) mass is 270 g/mol. The Bertz CT molecular complexity index is 336. The summed E-state index contributed by atoms with van der Waals surface area (Å²) in [6.07, 6.45) is 0.874. The van der Waals surface area contributed by atoms with Crippen molar-refractivity contribution in [1.29, 1.82) is 0 Å². The van der Waals surface area contributed by atoms with Crippen molar-refractivity contribution in [1.82, 2.24) is 15.3 Å². The minimum absolute atomic E-state index is 0.874. The van der Waals surface area contributed by atoms with Crippen LogP contribution in [0.1, 0.15) is 12.7 Å². The van der Waals surface area contributed by atoms with Crippen molar-refractivity contribution < 1.29 is 0 Å². The van der Waals surface area contributed by atoms with E-state index in [0.717, 1.165) is 48.8 Å². The molecule has 4 nitrogen and oxygen atoms in total. The molecule has 2 rings (SSSR count). The van der Waals surface area contributed by atoms with Gasteiger partial charge in [0.2, 0.25) is 0 Å². The Morgan fingerprint density at radius 2 is 2.13 bits per heavy atom. The summed E-state index contributed by atoms with van der Waals surface area (Å²) in [5.41, 5.74) is 0. The van der Waals surface area contributed by atoms with Gasteiger partial charge in [-0.15, -0.1) is 0 Å². The van der Waals surface area contributed by atoms with E-state index in [-0.39, 0.29) is 0 Å². The van der Waals surface area contributed by atoms with Crippen molar-refractivity contribution in [3.63, 3.8) is 0 Å². The molecule has 1 saturated heterocycles. The fourth-order valence-corrected chi connectivity index (χ4v) is 2.08. The molecule has 0 aromatic carbocycles. The number of nitrogens with one attached hydrogen (secondary N) is 1. The SMILES string of the molecule is CCc1nc(Br)cc(N2CCNCC2)n1. The average molecular weight is 271 g/mol. The van der Waals surface area contributed by atoms with E-state index >= 15 is 0 Å². The van der Waals surface area contributed by atoms with Gasteiger partial charge in [0.1, 0.15) is 16.2 Å². The van der Waals surface area contributed by atoms with E-state index in [4.69, 9.17) is 0 Å². The predicted molar refractivity (Wildman–Crippen MR) is 64.2 cm³/mol. The summed E-state index contributed by atoms with van der Waals surface area (Å²) in [7, 11) is 0. The molecular weight excluding hydrogens is 256 g/mol. The predicted octanol–water partition coefficient (Wildman–Crippen LogP) is 1.21. The zero-order valence-corrected chi connectivity index (χ0v) is 10.4. The topological polar surface area (TPSA) is 41.1 Å². The van der Waals surface area contributed by atoms with Crippen LogP contribution in [0, 0.1) is 0 Å². The van der Waals surface area contributed by atoms with Gasteiger partial charge < -0.3 is 10.2 Å². The van der Waals surface area contributed by atoms with Gasteiger partial charge in [0.15, 0.2) is 0 Å². The van der Waals surface area contributed by atoms with Crippen LogP contribution in [-0.2, 0) is 6.42 Å². The number of nitrogens with zero attached hydrogens (tertiary/aromatic N) is 3. The van der Waals surface area contributed by atoms with Gasteiger partial charge in [-0.2, -0.15) is 0 Å². The minimum atomic E-state index is 0.874. The van der Waals surface area contributed by atoms with Crippen LogP contribution in [0.25, 0.3) is 0 Å². The summed E-state index contributed by atoms with van der Waals surface area (Å²) in [5.74, 6) is 1.94. The number of aromatic nitrogens is 2. The molecule has 15 heavy (non-hydrogen) atoms. The molecule has 0 spiro atoms. The van der Waals surface area contributed by atoms with Gasteiger partial charge >= 0.3 is 0 Å². The first-order valence-corrected chi connectivity index (χ1v) is 6.08. The number of anilines is 1. The number of hydrogen-bond donors (Lipinski definition) is 1. The zero-order valence-electron chi connectivity index (χ0n) is 8.83. The van der Waals surface area contributed by atoms with Crippen molar-refractivity contribution >= 4 is 21.7 Å². The Morgan fingerprint density at radius 3 is 2.80 bits per heavy atom. The summed E-state index contributed by atoms with van der Waals surface area (Å²) >= 11 is 3.43. The summed E-state index contributed by atoms with van der Waals surface area (Å²) in [6, 6.07) is 1.99. The third kappa shape index (κ3) is 2.66. The van der Waals surface area contributed by atoms with Crippen molar-refractivity contribution in [2.24, 2.45) is 0 Å². The lowest BCUT2D eigenvalue weighted by Crippen LogP contribution is -2.44. The number of piperazine rings is 1. The Hall–Kier alpha value is -0.680. The van der Waals surface area contributed by atoms with Crippen molar-refractivity contribution in [2.45, 2.75) is 13.3 Å². The lowest BCUT2D eigenvalue weighted by molar-refractivity contribution is 0.583. The second kappa shape index (κ2) is 4.90. The second-order valence-electron chi connectivity index (χ2n) is 3.56. The first-order valence-electron chi connectivity index (χ1n) is 5.28. The molecule has 1 aliphatic heterocycles. The van der Waals surface area contributed by atoms with E-state index in [2.05, 4.69) is 43.0 Å². The van der Waals surface area contributed by atoms with E-state index in [0.29, 0.717) is 0 Å². The van der Waals surface area contributed by atoms with E-state index < -0.39 is 0 Å². The highest BCUT2D eigenvalue weighted by Crippen LogP contribution is 2.17. The summed E-state index contributed by atoms with van der Waals surface area (Å²) in [4.78, 5) is 11.1. The molecule has 1 aromatic heterocycles. The average Bonchev–Trinajstić information content (AvgIpc) is 2.29. The van der Waals surface area contributed by atoms with Crippen molar-refractivity contribution in [3.05, 3.63) is 16.5 Å². The number of halogens is 1. The highest BCUT2D eigenvalue weighted by atomic mass is 79.9. The smallest absolute Gasteiger partial charge is 0.133 e. The zero-order chi connectivity index (χ0) is 10.7. The molecule has 2 heterocycles. The van der Waals surface area contributed by atoms with Crippen LogP contribution in [0.15, 0.2) is 10.7 Å². The fraction of sp³-hybridized carbons (Fsp3) is 0.600. The van der Waals surface area contributed by atoms with E-state index in [1.165, 1.54) is 0 Å². The standard InChI is InChI=1S/C10H15BrN4/c1-2-9-13-8(11)7-10(14-9)15-5-3-12-4-6-15/h7,12H,2-6H2,1H3. The highest BCUT2D eigenvalue weighted by Gasteiger charge is 2.13. The van der Waals surface area contributed by atoms with Gasteiger partial charge in [-0.25, -0.2) is 9.97 Å². The molecular formula is C10H15BrN4. The highest BCUT2D eigenvalue weighted by molar-refractivity contribution is 9.10. The maximum absolute atomic E-state index is 4.53. The maximum atomic E-state index is 4.53. The molecule has 0 atom stereocenters. The molecule has 1 aromatic rings. The lowest BCUT2D eigenvalue weighted by atomic mass is 10.3. The van der Waals surface area contributed by atoms with Crippen molar-refractivity contribution in [2.75, 3.05) is 31.1 Å². The van der Waals surface area contributed by atoms with Crippen LogP contribution >= 0.6 is 15.9 Å². The van der Waals surface area contributed by atoms with Crippen LogP contribution in [0.2, 0.25) is 0 Å². The first-order chi connectivity index (χ1) is 7.29. The van der Waals surface area contributed by atoms with Gasteiger partial charge in [-0.1, -0.05) is 6.92 Å². The molecule has 1 aliphatic rings. The molecule has 1 fully saturated rings. The van der Waals surface area contributed by atoms with Crippen LogP contribution < -0.4 is 10.2 Å². The number of aryl methyl sites for hydroxylation is 1. The molecule has 82 valence electrons. The molecule has 0 radical (unpaired) electrons. The van der Waals surface area contributed by atoms with Crippen LogP contribution in [-0.4, -0.2) is 36.1 Å². The molecule has 1 N–H and O–H groups in total. The molecule has 0 bridgehead atoms. The molecule has 0 amide bonds. The van der Waals surface area contributed by atoms with Gasteiger partial charge in [-0.05, 0) is 15.9 Å². The number of hydrogen-bond acceptors (Lipinski definition) is 4. The third-order valence-corrected chi connectivity index (χ3v) is 2.89. The Balaban J connectivity index is 2.22. The van der Waals surface area contributed by atoms with Gasteiger partial charge in [-0.3, -0.25) is 0 Å². The largest absolute Gasteiger partial charge is 0.354 e. The number of rotatable bonds is 2. The van der Waals surface area contributed by atoms with Crippen LogP contribution in [0.3, 0.4) is 0 Å². The van der Waals surface area contributed by atoms with E-state index in [1.54, 1.807) is 0 Å². The van der Waals surface area contributed by atoms with Crippen LogP contribution in [0.4, 0.5) is 5.82 Å². The van der Waals surface area contributed by atoms with E-state index in [1.807, 2.05) is 6.07 Å². The molecule has 0 aliphatic carbocycles. The third-order valence-electron chi connectivity index (χ3n) is 2.48. The Labute approximate surface area is 98.2 Å². The maximum Gasteiger partial charge on any atom is 0.133 e. The van der Waals surface area contributed by atoms with Gasteiger partial charge in [0.25, 0.3) is 0 Å². The first kappa shape index (κ1) is 10.8. The van der Waals surface area contributed by atoms with Crippen molar-refractivity contribution in [3.8, 4) is 0 Å². The van der Waals surface area contributed by atoms with Gasteiger partial charge in [0.05, 0.1) is 0 Å². The molecule has 0 unspecified atom stereocenters. The summed E-state index contributed by atoms with van der Waals surface area (Å²) < 4.78 is 0.878. The van der Waals surface area contributed by atoms with E-state index in [9.17, 15) is 0 Å². The quantitative estimate of drug-likeness (QED) is 0.821. The Kier molecular flexibility index (Phi) is 3.53. The van der Waals surface area contributed by atoms with Crippen LogP contribution in [0.5, 0.6) is 0 Å². The minimum Gasteiger partial charge on any atom is -0.354 e. The molecule has 0 saturated carbocycles. The summed E-state index contributed by atoms with van der Waals surface area (Å²) in [5, 5.41) is 3.33. The summed E-state index contributed by atoms with van der Waals surface area (Å²) in [6.45, 7) is 6.18. The normalized spacial score (nSPS) is 16.8. The Morgan fingerprint density at radius 1 is 1.40 bits per heavy atom.